The van der Waals surface area contributed by atoms with E-state index in [2.05, 4.69) is 48.0 Å². The van der Waals surface area contributed by atoms with Crippen molar-refractivity contribution in [3.05, 3.63) is 70.9 Å². The molecule has 1 aliphatic rings. The lowest BCUT2D eigenvalue weighted by Crippen LogP contribution is -2.36. The van der Waals surface area contributed by atoms with Crippen molar-refractivity contribution in [2.45, 2.75) is 45.1 Å². The fraction of sp³-hybridized carbons (Fsp3) is 0.375. The Morgan fingerprint density at radius 3 is 2.61 bits per heavy atom. The van der Waals surface area contributed by atoms with E-state index in [1.165, 1.54) is 22.9 Å². The fourth-order valence-electron chi connectivity index (χ4n) is 4.39. The zero-order chi connectivity index (χ0) is 19.5. The molecule has 28 heavy (non-hydrogen) atoms. The standard InChI is InChI=1S/C24H27ClN2O/c1-2-26-17-22(20-11-4-5-12-23(20)26)21(18-9-8-10-19(25)15-18)16-24(28)27-13-6-3-7-14-27/h4-5,8-12,15,17,21H,2-3,6-7,13-14,16H2,1H3/t21-/m1/s1. The Bertz CT molecular complexity index is 972. The van der Waals surface area contributed by atoms with Crippen LogP contribution in [-0.2, 0) is 11.3 Å². The molecule has 2 aromatic carbocycles. The Balaban J connectivity index is 1.76. The molecule has 4 rings (SSSR count). The van der Waals surface area contributed by atoms with Crippen LogP contribution in [-0.4, -0.2) is 28.5 Å². The van der Waals surface area contributed by atoms with E-state index < -0.39 is 0 Å². The van der Waals surface area contributed by atoms with Gasteiger partial charge in [0.1, 0.15) is 0 Å². The molecule has 1 fully saturated rings. The van der Waals surface area contributed by atoms with Gasteiger partial charge in [0.2, 0.25) is 5.91 Å². The first kappa shape index (κ1) is 19.1. The zero-order valence-electron chi connectivity index (χ0n) is 16.4. The fourth-order valence-corrected chi connectivity index (χ4v) is 4.59. The Hall–Kier alpha value is -2.26. The molecule has 3 aromatic rings. The summed E-state index contributed by atoms with van der Waals surface area (Å²) in [6, 6.07) is 16.5. The number of aromatic nitrogens is 1. The highest BCUT2D eigenvalue weighted by molar-refractivity contribution is 6.30. The van der Waals surface area contributed by atoms with Crippen LogP contribution in [0.4, 0.5) is 0 Å². The first-order valence-corrected chi connectivity index (χ1v) is 10.7. The molecule has 0 N–H and O–H groups in total. The lowest BCUT2D eigenvalue weighted by molar-refractivity contribution is -0.132. The number of hydrogen-bond acceptors (Lipinski definition) is 1. The summed E-state index contributed by atoms with van der Waals surface area (Å²) >= 11 is 6.31. The van der Waals surface area contributed by atoms with Crippen molar-refractivity contribution in [1.82, 2.24) is 9.47 Å². The summed E-state index contributed by atoms with van der Waals surface area (Å²) in [5.41, 5.74) is 3.54. The van der Waals surface area contributed by atoms with Crippen LogP contribution < -0.4 is 0 Å². The number of likely N-dealkylation sites (tertiary alicyclic amines) is 1. The zero-order valence-corrected chi connectivity index (χ0v) is 17.2. The predicted molar refractivity (Wildman–Crippen MR) is 116 cm³/mol. The minimum atomic E-state index is 0.00539. The van der Waals surface area contributed by atoms with E-state index in [-0.39, 0.29) is 11.8 Å². The summed E-state index contributed by atoms with van der Waals surface area (Å²) in [6.45, 7) is 4.84. The average Bonchev–Trinajstić information content (AvgIpc) is 3.11. The van der Waals surface area contributed by atoms with Gasteiger partial charge in [-0.2, -0.15) is 0 Å². The quantitative estimate of drug-likeness (QED) is 0.532. The molecular weight excluding hydrogens is 368 g/mol. The molecule has 146 valence electrons. The lowest BCUT2D eigenvalue weighted by atomic mass is 9.87. The van der Waals surface area contributed by atoms with Crippen molar-refractivity contribution in [1.29, 1.82) is 0 Å². The maximum atomic E-state index is 13.1. The Kier molecular flexibility index (Phi) is 5.72. The summed E-state index contributed by atoms with van der Waals surface area (Å²) in [5.74, 6) is 0.254. The van der Waals surface area contributed by atoms with E-state index in [4.69, 9.17) is 11.6 Å². The smallest absolute Gasteiger partial charge is 0.223 e. The third kappa shape index (κ3) is 3.81. The van der Waals surface area contributed by atoms with Gasteiger partial charge in [0, 0.05) is 54.1 Å². The molecule has 4 heteroatoms. The molecule has 0 saturated carbocycles. The number of carbonyl (C=O) groups is 1. The molecule has 0 radical (unpaired) electrons. The number of hydrogen-bond donors (Lipinski definition) is 0. The predicted octanol–water partition coefficient (Wildman–Crippen LogP) is 5.85. The van der Waals surface area contributed by atoms with E-state index in [0.717, 1.165) is 38.0 Å². The second kappa shape index (κ2) is 8.40. The van der Waals surface area contributed by atoms with Gasteiger partial charge in [0.25, 0.3) is 0 Å². The van der Waals surface area contributed by atoms with Crippen LogP contribution in [0.15, 0.2) is 54.7 Å². The van der Waals surface area contributed by atoms with Crippen molar-refractivity contribution in [2.75, 3.05) is 13.1 Å². The highest BCUT2D eigenvalue weighted by Gasteiger charge is 2.26. The van der Waals surface area contributed by atoms with Crippen molar-refractivity contribution < 1.29 is 4.79 Å². The Morgan fingerprint density at radius 2 is 1.86 bits per heavy atom. The minimum absolute atomic E-state index is 0.00539. The number of carbonyl (C=O) groups excluding carboxylic acids is 1. The minimum Gasteiger partial charge on any atom is -0.347 e. The number of nitrogens with zero attached hydrogens (tertiary/aromatic N) is 2. The van der Waals surface area contributed by atoms with Gasteiger partial charge in [-0.05, 0) is 55.5 Å². The molecule has 1 saturated heterocycles. The van der Waals surface area contributed by atoms with Crippen LogP contribution in [0.25, 0.3) is 10.9 Å². The largest absolute Gasteiger partial charge is 0.347 e. The number of rotatable bonds is 5. The highest BCUT2D eigenvalue weighted by Crippen LogP contribution is 2.36. The van der Waals surface area contributed by atoms with E-state index in [9.17, 15) is 4.79 Å². The Labute approximate surface area is 171 Å². The molecule has 0 aliphatic carbocycles. The Morgan fingerprint density at radius 1 is 1.07 bits per heavy atom. The summed E-state index contributed by atoms with van der Waals surface area (Å²) in [4.78, 5) is 15.2. The van der Waals surface area contributed by atoms with Gasteiger partial charge < -0.3 is 9.47 Å². The van der Waals surface area contributed by atoms with Crippen LogP contribution in [0.3, 0.4) is 0 Å². The van der Waals surface area contributed by atoms with Gasteiger partial charge in [-0.3, -0.25) is 4.79 Å². The molecule has 1 amide bonds. The van der Waals surface area contributed by atoms with Gasteiger partial charge >= 0.3 is 0 Å². The second-order valence-corrected chi connectivity index (χ2v) is 8.08. The molecule has 3 nitrogen and oxygen atoms in total. The molecule has 1 aromatic heterocycles. The summed E-state index contributed by atoms with van der Waals surface area (Å²) < 4.78 is 2.27. The van der Waals surface area contributed by atoms with Gasteiger partial charge in [-0.25, -0.2) is 0 Å². The third-order valence-electron chi connectivity index (χ3n) is 5.87. The first-order chi connectivity index (χ1) is 13.7. The van der Waals surface area contributed by atoms with Crippen LogP contribution in [0.1, 0.15) is 49.7 Å². The number of piperidine rings is 1. The van der Waals surface area contributed by atoms with Crippen LogP contribution >= 0.6 is 11.6 Å². The molecular formula is C24H27ClN2O. The number of benzene rings is 2. The monoisotopic (exact) mass is 394 g/mol. The average molecular weight is 395 g/mol. The summed E-state index contributed by atoms with van der Waals surface area (Å²) in [7, 11) is 0. The van der Waals surface area contributed by atoms with Crippen LogP contribution in [0.2, 0.25) is 5.02 Å². The van der Waals surface area contributed by atoms with E-state index in [0.29, 0.717) is 11.4 Å². The van der Waals surface area contributed by atoms with Crippen LogP contribution in [0.5, 0.6) is 0 Å². The number of fused-ring (bicyclic) bond motifs is 1. The maximum absolute atomic E-state index is 13.1. The van der Waals surface area contributed by atoms with E-state index >= 15 is 0 Å². The number of amides is 1. The molecule has 0 unspecified atom stereocenters. The second-order valence-electron chi connectivity index (χ2n) is 7.64. The van der Waals surface area contributed by atoms with Crippen molar-refractivity contribution in [3.8, 4) is 0 Å². The molecule has 1 aliphatic heterocycles. The van der Waals surface area contributed by atoms with Crippen LogP contribution in [0, 0.1) is 0 Å². The van der Waals surface area contributed by atoms with Gasteiger partial charge in [0.15, 0.2) is 0 Å². The van der Waals surface area contributed by atoms with Crippen molar-refractivity contribution in [3.63, 3.8) is 0 Å². The normalized spacial score (nSPS) is 15.7. The van der Waals surface area contributed by atoms with Gasteiger partial charge in [-0.15, -0.1) is 0 Å². The molecule has 0 bridgehead atoms. The van der Waals surface area contributed by atoms with E-state index in [1.807, 2.05) is 23.1 Å². The lowest BCUT2D eigenvalue weighted by Gasteiger charge is -2.28. The number of para-hydroxylation sites is 1. The van der Waals surface area contributed by atoms with Crippen molar-refractivity contribution >= 4 is 28.4 Å². The molecule has 1 atom stereocenters. The van der Waals surface area contributed by atoms with E-state index in [1.54, 1.807) is 0 Å². The summed E-state index contributed by atoms with van der Waals surface area (Å²) in [5, 5.41) is 1.94. The van der Waals surface area contributed by atoms with Gasteiger partial charge in [-0.1, -0.05) is 41.9 Å². The molecule has 0 spiro atoms. The summed E-state index contributed by atoms with van der Waals surface area (Å²) in [6.07, 6.45) is 6.16. The number of halogens is 1. The highest BCUT2D eigenvalue weighted by atomic mass is 35.5. The van der Waals surface area contributed by atoms with Crippen molar-refractivity contribution in [2.24, 2.45) is 0 Å². The topological polar surface area (TPSA) is 25.2 Å². The van der Waals surface area contributed by atoms with Gasteiger partial charge in [0.05, 0.1) is 0 Å². The third-order valence-corrected chi connectivity index (χ3v) is 6.11. The molecule has 2 heterocycles. The maximum Gasteiger partial charge on any atom is 0.223 e. The SMILES string of the molecule is CCn1cc([C@H](CC(=O)N2CCCCC2)c2cccc(Cl)c2)c2ccccc21. The first-order valence-electron chi connectivity index (χ1n) is 10.3. The number of aryl methyl sites for hydroxylation is 1.